The standard InChI is InChI=1S/C11H9N2/c1-9-6-10(8-12-7-9)11-4-2-3-5-13-11/h2-7H,1H3. The molecule has 0 amide bonds. The summed E-state index contributed by atoms with van der Waals surface area (Å²) in [4.78, 5) is 8.21. The highest BCUT2D eigenvalue weighted by Gasteiger charge is 1.97. The van der Waals surface area contributed by atoms with Gasteiger partial charge in [-0.15, -0.1) is 0 Å². The summed E-state index contributed by atoms with van der Waals surface area (Å²) in [5.74, 6) is 0. The van der Waals surface area contributed by atoms with Crippen molar-refractivity contribution in [2.45, 2.75) is 6.92 Å². The molecule has 13 heavy (non-hydrogen) atoms. The Hall–Kier alpha value is -1.70. The minimum absolute atomic E-state index is 0.915. The maximum Gasteiger partial charge on any atom is 0.0987 e. The number of aryl methyl sites for hydroxylation is 1. The van der Waals surface area contributed by atoms with Gasteiger partial charge in [-0.2, -0.15) is 0 Å². The lowest BCUT2D eigenvalue weighted by Gasteiger charge is -1.98. The zero-order chi connectivity index (χ0) is 9.10. The Balaban J connectivity index is 2.48. The van der Waals surface area contributed by atoms with E-state index in [-0.39, 0.29) is 0 Å². The van der Waals surface area contributed by atoms with Gasteiger partial charge in [-0.1, -0.05) is 6.07 Å². The lowest BCUT2D eigenvalue weighted by molar-refractivity contribution is 1.23. The summed E-state index contributed by atoms with van der Waals surface area (Å²) in [6.07, 6.45) is 6.47. The first-order valence-electron chi connectivity index (χ1n) is 4.12. The topological polar surface area (TPSA) is 25.8 Å². The number of hydrogen-bond donors (Lipinski definition) is 0. The van der Waals surface area contributed by atoms with E-state index >= 15 is 0 Å². The van der Waals surface area contributed by atoms with Crippen molar-refractivity contribution < 1.29 is 0 Å². The van der Waals surface area contributed by atoms with Crippen LogP contribution in [-0.4, -0.2) is 9.97 Å². The van der Waals surface area contributed by atoms with E-state index in [1.165, 1.54) is 0 Å². The molecular formula is C11H9N2. The second kappa shape index (κ2) is 3.35. The Bertz CT molecular complexity index is 396. The first-order chi connectivity index (χ1) is 6.36. The monoisotopic (exact) mass is 169 g/mol. The Morgan fingerprint density at radius 1 is 1.31 bits per heavy atom. The second-order valence-corrected chi connectivity index (χ2v) is 2.89. The van der Waals surface area contributed by atoms with E-state index in [4.69, 9.17) is 0 Å². The molecule has 0 N–H and O–H groups in total. The zero-order valence-corrected chi connectivity index (χ0v) is 7.36. The van der Waals surface area contributed by atoms with Crippen LogP contribution in [0.1, 0.15) is 5.56 Å². The number of hydrogen-bond acceptors (Lipinski definition) is 2. The van der Waals surface area contributed by atoms with Gasteiger partial charge >= 0.3 is 0 Å². The molecule has 0 aliphatic rings. The highest BCUT2D eigenvalue weighted by molar-refractivity contribution is 5.57. The fourth-order valence-electron chi connectivity index (χ4n) is 1.15. The van der Waals surface area contributed by atoms with Gasteiger partial charge in [0.05, 0.1) is 11.9 Å². The Morgan fingerprint density at radius 3 is 2.92 bits per heavy atom. The number of nitrogens with zero attached hydrogens (tertiary/aromatic N) is 2. The molecule has 0 fully saturated rings. The maximum atomic E-state index is 4.22. The largest absolute Gasteiger partial charge is 0.256 e. The molecule has 0 bridgehead atoms. The van der Waals surface area contributed by atoms with Crippen molar-refractivity contribution in [3.63, 3.8) is 0 Å². The highest BCUT2D eigenvalue weighted by Crippen LogP contribution is 2.14. The Morgan fingerprint density at radius 2 is 2.23 bits per heavy atom. The van der Waals surface area contributed by atoms with Crippen LogP contribution in [0, 0.1) is 13.1 Å². The summed E-state index contributed by atoms with van der Waals surface area (Å²) >= 11 is 0. The predicted molar refractivity (Wildman–Crippen MR) is 51.0 cm³/mol. The normalized spacial score (nSPS) is 9.92. The molecule has 0 aliphatic heterocycles. The molecular weight excluding hydrogens is 160 g/mol. The first kappa shape index (κ1) is 7.92. The lowest BCUT2D eigenvalue weighted by atomic mass is 10.1. The van der Waals surface area contributed by atoms with Gasteiger partial charge in [0.1, 0.15) is 0 Å². The highest BCUT2D eigenvalue weighted by atomic mass is 14.7. The minimum Gasteiger partial charge on any atom is -0.256 e. The van der Waals surface area contributed by atoms with Crippen molar-refractivity contribution in [3.05, 3.63) is 48.4 Å². The molecule has 2 heterocycles. The lowest BCUT2D eigenvalue weighted by Crippen LogP contribution is -1.85. The Labute approximate surface area is 77.3 Å². The van der Waals surface area contributed by atoms with E-state index in [1.54, 1.807) is 12.4 Å². The predicted octanol–water partition coefficient (Wildman–Crippen LogP) is 2.25. The van der Waals surface area contributed by atoms with E-state index in [9.17, 15) is 0 Å². The number of pyridine rings is 2. The number of aromatic nitrogens is 2. The van der Waals surface area contributed by atoms with E-state index < -0.39 is 0 Å². The molecule has 0 saturated carbocycles. The van der Waals surface area contributed by atoms with Crippen LogP contribution in [0.5, 0.6) is 0 Å². The molecule has 2 heteroatoms. The fourth-order valence-corrected chi connectivity index (χ4v) is 1.15. The molecule has 0 saturated heterocycles. The summed E-state index contributed by atoms with van der Waals surface area (Å²) in [6.45, 7) is 2.01. The van der Waals surface area contributed by atoms with Crippen LogP contribution in [0.3, 0.4) is 0 Å². The third kappa shape index (κ3) is 1.72. The maximum absolute atomic E-state index is 4.22. The van der Waals surface area contributed by atoms with Crippen molar-refractivity contribution in [2.24, 2.45) is 0 Å². The Kier molecular flexibility index (Phi) is 2.04. The molecule has 2 rings (SSSR count). The van der Waals surface area contributed by atoms with Gasteiger partial charge in [0.25, 0.3) is 0 Å². The van der Waals surface area contributed by atoms with Crippen molar-refractivity contribution >= 4 is 0 Å². The zero-order valence-electron chi connectivity index (χ0n) is 7.36. The third-order valence-corrected chi connectivity index (χ3v) is 1.77. The molecule has 2 nitrogen and oxygen atoms in total. The van der Waals surface area contributed by atoms with Crippen molar-refractivity contribution in [1.29, 1.82) is 0 Å². The molecule has 1 radical (unpaired) electrons. The van der Waals surface area contributed by atoms with Crippen LogP contribution in [0.25, 0.3) is 11.3 Å². The molecule has 2 aromatic rings. The van der Waals surface area contributed by atoms with Crippen LogP contribution in [0.15, 0.2) is 36.7 Å². The van der Waals surface area contributed by atoms with E-state index in [0.717, 1.165) is 16.8 Å². The van der Waals surface area contributed by atoms with Crippen LogP contribution in [0.2, 0.25) is 0 Å². The van der Waals surface area contributed by atoms with Gasteiger partial charge < -0.3 is 0 Å². The molecule has 0 aliphatic carbocycles. The van der Waals surface area contributed by atoms with Gasteiger partial charge in [-0.3, -0.25) is 9.97 Å². The molecule has 0 unspecified atom stereocenters. The molecule has 0 spiro atoms. The van der Waals surface area contributed by atoms with E-state index in [0.29, 0.717) is 0 Å². The van der Waals surface area contributed by atoms with E-state index in [1.807, 2.05) is 31.2 Å². The quantitative estimate of drug-likeness (QED) is 0.654. The summed E-state index contributed by atoms with van der Waals surface area (Å²) in [5, 5.41) is 0. The van der Waals surface area contributed by atoms with Gasteiger partial charge in [0.2, 0.25) is 0 Å². The average Bonchev–Trinajstić information content (AvgIpc) is 2.19. The minimum atomic E-state index is 0.915. The second-order valence-electron chi connectivity index (χ2n) is 2.89. The molecule has 2 aromatic heterocycles. The van der Waals surface area contributed by atoms with Crippen molar-refractivity contribution in [2.75, 3.05) is 0 Å². The van der Waals surface area contributed by atoms with Gasteiger partial charge in [0, 0.05) is 18.0 Å². The fraction of sp³-hybridized carbons (Fsp3) is 0.0909. The summed E-state index contributed by atoms with van der Waals surface area (Å²) < 4.78 is 0. The van der Waals surface area contributed by atoms with Crippen LogP contribution in [-0.2, 0) is 0 Å². The van der Waals surface area contributed by atoms with Crippen molar-refractivity contribution in [1.82, 2.24) is 9.97 Å². The summed E-state index contributed by atoms with van der Waals surface area (Å²) in [7, 11) is 0. The first-order valence-corrected chi connectivity index (χ1v) is 4.12. The smallest absolute Gasteiger partial charge is 0.0987 e. The van der Waals surface area contributed by atoms with Crippen LogP contribution >= 0.6 is 0 Å². The van der Waals surface area contributed by atoms with Crippen LogP contribution < -0.4 is 0 Å². The van der Waals surface area contributed by atoms with Gasteiger partial charge in [-0.05, 0) is 30.7 Å². The SMILES string of the molecule is Cc1cn[c]c(-c2ccccn2)c1. The summed E-state index contributed by atoms with van der Waals surface area (Å²) in [6, 6.07) is 7.83. The average molecular weight is 169 g/mol. The third-order valence-electron chi connectivity index (χ3n) is 1.77. The van der Waals surface area contributed by atoms with Gasteiger partial charge in [0.15, 0.2) is 0 Å². The molecule has 0 aromatic carbocycles. The molecule has 0 atom stereocenters. The molecule has 63 valence electrons. The van der Waals surface area contributed by atoms with Gasteiger partial charge in [-0.25, -0.2) is 0 Å². The van der Waals surface area contributed by atoms with E-state index in [2.05, 4.69) is 16.2 Å². The van der Waals surface area contributed by atoms with Crippen molar-refractivity contribution in [3.8, 4) is 11.3 Å². The number of rotatable bonds is 1. The summed E-state index contributed by atoms with van der Waals surface area (Å²) in [5.41, 5.74) is 2.98. The van der Waals surface area contributed by atoms with Crippen LogP contribution in [0.4, 0.5) is 0 Å².